The van der Waals surface area contributed by atoms with Crippen molar-refractivity contribution in [2.75, 3.05) is 6.54 Å². The second kappa shape index (κ2) is 3.30. The first-order valence-electron chi connectivity index (χ1n) is 3.77. The minimum atomic E-state index is -0.306. The van der Waals surface area contributed by atoms with E-state index in [-0.39, 0.29) is 5.91 Å². The molecule has 0 spiro atoms. The lowest BCUT2D eigenvalue weighted by Gasteiger charge is -2.16. The Morgan fingerprint density at radius 1 is 1.75 bits per heavy atom. The summed E-state index contributed by atoms with van der Waals surface area (Å²) in [5.41, 5.74) is 12.6. The Morgan fingerprint density at radius 3 is 2.92 bits per heavy atom. The van der Waals surface area contributed by atoms with E-state index in [1.54, 1.807) is 0 Å². The predicted molar refractivity (Wildman–Crippen MR) is 46.8 cm³/mol. The average molecular weight is 167 g/mol. The topological polar surface area (TPSA) is 81.1 Å². The number of nitrogens with one attached hydrogen (secondary N) is 1. The van der Waals surface area contributed by atoms with Crippen LogP contribution in [-0.2, 0) is 4.79 Å². The van der Waals surface area contributed by atoms with Crippen LogP contribution in [0.5, 0.6) is 0 Å². The van der Waals surface area contributed by atoms with Gasteiger partial charge in [-0.1, -0.05) is 0 Å². The first kappa shape index (κ1) is 8.64. The molecule has 0 atom stereocenters. The number of nitrogens with two attached hydrogens (primary N) is 2. The number of hydrogen-bond donors (Lipinski definition) is 3. The van der Waals surface area contributed by atoms with Gasteiger partial charge in [0.05, 0.1) is 5.82 Å². The Kier molecular flexibility index (Phi) is 2.38. The van der Waals surface area contributed by atoms with Crippen molar-refractivity contribution in [2.24, 2.45) is 11.5 Å². The molecule has 0 aromatic heterocycles. The molecule has 5 N–H and O–H groups in total. The molecule has 1 aliphatic heterocycles. The summed E-state index contributed by atoms with van der Waals surface area (Å²) in [6.07, 6.45) is 2.12. The summed E-state index contributed by atoms with van der Waals surface area (Å²) in [6, 6.07) is 0. The lowest BCUT2D eigenvalue weighted by molar-refractivity contribution is -0.117. The number of rotatable bonds is 2. The summed E-state index contributed by atoms with van der Waals surface area (Å²) in [7, 11) is 0. The highest BCUT2D eigenvalue weighted by Crippen LogP contribution is 2.13. The maximum absolute atomic E-state index is 10.6. The smallest absolute Gasteiger partial charge is 0.221 e. The van der Waals surface area contributed by atoms with Crippen molar-refractivity contribution in [3.05, 3.63) is 23.0 Å². The molecule has 0 saturated carbocycles. The van der Waals surface area contributed by atoms with Crippen LogP contribution in [0, 0.1) is 0 Å². The normalized spacial score (nSPS) is 16.9. The summed E-state index contributed by atoms with van der Waals surface area (Å²) in [5.74, 6) is 0.334. The first-order valence-corrected chi connectivity index (χ1v) is 3.77. The molecule has 12 heavy (non-hydrogen) atoms. The van der Waals surface area contributed by atoms with E-state index in [0.717, 1.165) is 11.1 Å². The average Bonchev–Trinajstić information content (AvgIpc) is 1.94. The van der Waals surface area contributed by atoms with Gasteiger partial charge in [-0.25, -0.2) is 0 Å². The second-order valence-electron chi connectivity index (χ2n) is 2.88. The molecule has 0 bridgehead atoms. The lowest BCUT2D eigenvalue weighted by Crippen LogP contribution is -2.28. The number of carbonyl (C=O) groups excluding carboxylic acids is 1. The van der Waals surface area contributed by atoms with E-state index in [2.05, 4.69) is 5.32 Å². The van der Waals surface area contributed by atoms with Gasteiger partial charge in [0, 0.05) is 13.0 Å². The zero-order chi connectivity index (χ0) is 9.14. The molecule has 0 aromatic carbocycles. The molecule has 66 valence electrons. The van der Waals surface area contributed by atoms with Gasteiger partial charge in [-0.2, -0.15) is 0 Å². The third-order valence-electron chi connectivity index (χ3n) is 1.82. The highest BCUT2D eigenvalue weighted by atomic mass is 16.1. The molecule has 1 rings (SSSR count). The molecular formula is C8H13N3O. The van der Waals surface area contributed by atoms with E-state index in [9.17, 15) is 4.79 Å². The number of primary amides is 1. The largest absolute Gasteiger partial charge is 0.386 e. The number of amides is 1. The van der Waals surface area contributed by atoms with Gasteiger partial charge in [-0.3, -0.25) is 4.79 Å². The van der Waals surface area contributed by atoms with E-state index in [0.29, 0.717) is 18.8 Å². The quantitative estimate of drug-likeness (QED) is 0.522. The van der Waals surface area contributed by atoms with Gasteiger partial charge in [0.25, 0.3) is 0 Å². The van der Waals surface area contributed by atoms with Gasteiger partial charge in [0.2, 0.25) is 5.91 Å². The van der Waals surface area contributed by atoms with Crippen molar-refractivity contribution in [2.45, 2.75) is 13.3 Å². The highest BCUT2D eigenvalue weighted by molar-refractivity contribution is 5.77. The van der Waals surface area contributed by atoms with Crippen LogP contribution in [-0.4, -0.2) is 12.5 Å². The fourth-order valence-electron chi connectivity index (χ4n) is 1.15. The first-order chi connectivity index (χ1) is 5.59. The molecule has 0 unspecified atom stereocenters. The van der Waals surface area contributed by atoms with Crippen molar-refractivity contribution in [3.63, 3.8) is 0 Å². The Bertz CT molecular complexity index is 265. The Labute approximate surface area is 71.3 Å². The molecule has 0 fully saturated rings. The third kappa shape index (κ3) is 2.02. The van der Waals surface area contributed by atoms with Crippen LogP contribution >= 0.6 is 0 Å². The van der Waals surface area contributed by atoms with Crippen molar-refractivity contribution in [1.82, 2.24) is 5.32 Å². The van der Waals surface area contributed by atoms with Crippen LogP contribution < -0.4 is 16.8 Å². The SMILES string of the molecule is CC1=C(CC(N)=O)CNC(N)=C1. The van der Waals surface area contributed by atoms with Crippen LogP contribution in [0.15, 0.2) is 23.0 Å². The molecule has 4 heteroatoms. The van der Waals surface area contributed by atoms with Gasteiger partial charge in [0.1, 0.15) is 0 Å². The molecule has 4 nitrogen and oxygen atoms in total. The van der Waals surface area contributed by atoms with Crippen LogP contribution in [0.4, 0.5) is 0 Å². The van der Waals surface area contributed by atoms with E-state index in [1.165, 1.54) is 0 Å². The lowest BCUT2D eigenvalue weighted by atomic mass is 10.0. The van der Waals surface area contributed by atoms with Crippen molar-refractivity contribution >= 4 is 5.91 Å². The number of dihydropyridines is 1. The standard InChI is InChI=1S/C8H13N3O/c1-5-2-7(9)11-4-6(5)3-8(10)12/h2,11H,3-4,9H2,1H3,(H2,10,12). The molecule has 0 saturated heterocycles. The molecule has 1 amide bonds. The van der Waals surface area contributed by atoms with E-state index in [1.807, 2.05) is 13.0 Å². The monoisotopic (exact) mass is 167 g/mol. The number of hydrogen-bond acceptors (Lipinski definition) is 3. The Morgan fingerprint density at radius 2 is 2.42 bits per heavy atom. The summed E-state index contributed by atoms with van der Waals surface area (Å²) in [5, 5.41) is 2.94. The van der Waals surface area contributed by atoms with E-state index >= 15 is 0 Å². The fourth-order valence-corrected chi connectivity index (χ4v) is 1.15. The molecule has 1 aliphatic rings. The Balaban J connectivity index is 2.76. The third-order valence-corrected chi connectivity index (χ3v) is 1.82. The molecule has 0 radical (unpaired) electrons. The van der Waals surface area contributed by atoms with E-state index < -0.39 is 0 Å². The van der Waals surface area contributed by atoms with Crippen molar-refractivity contribution < 1.29 is 4.79 Å². The summed E-state index contributed by atoms with van der Waals surface area (Å²) >= 11 is 0. The summed E-state index contributed by atoms with van der Waals surface area (Å²) in [6.45, 7) is 2.54. The highest BCUT2D eigenvalue weighted by Gasteiger charge is 2.09. The predicted octanol–water partition coefficient (Wildman–Crippen LogP) is -0.418. The van der Waals surface area contributed by atoms with Crippen molar-refractivity contribution in [3.8, 4) is 0 Å². The minimum Gasteiger partial charge on any atom is -0.386 e. The second-order valence-corrected chi connectivity index (χ2v) is 2.88. The van der Waals surface area contributed by atoms with Gasteiger partial charge >= 0.3 is 0 Å². The molecular weight excluding hydrogens is 154 g/mol. The fraction of sp³-hybridized carbons (Fsp3) is 0.375. The maximum atomic E-state index is 10.6. The van der Waals surface area contributed by atoms with Crippen LogP contribution in [0.1, 0.15) is 13.3 Å². The zero-order valence-electron chi connectivity index (χ0n) is 7.05. The van der Waals surface area contributed by atoms with Crippen molar-refractivity contribution in [1.29, 1.82) is 0 Å². The van der Waals surface area contributed by atoms with Crippen LogP contribution in [0.3, 0.4) is 0 Å². The van der Waals surface area contributed by atoms with Gasteiger partial charge in [0.15, 0.2) is 0 Å². The molecule has 0 aliphatic carbocycles. The van der Waals surface area contributed by atoms with E-state index in [4.69, 9.17) is 11.5 Å². The number of allylic oxidation sites excluding steroid dienone is 2. The molecule has 0 aromatic rings. The van der Waals surface area contributed by atoms with Gasteiger partial charge < -0.3 is 16.8 Å². The van der Waals surface area contributed by atoms with Gasteiger partial charge in [-0.15, -0.1) is 0 Å². The zero-order valence-corrected chi connectivity index (χ0v) is 7.05. The number of carbonyl (C=O) groups is 1. The molecule has 1 heterocycles. The minimum absolute atomic E-state index is 0.306. The summed E-state index contributed by atoms with van der Waals surface area (Å²) in [4.78, 5) is 10.6. The maximum Gasteiger partial charge on any atom is 0.221 e. The van der Waals surface area contributed by atoms with Gasteiger partial charge in [-0.05, 0) is 24.1 Å². The summed E-state index contributed by atoms with van der Waals surface area (Å²) < 4.78 is 0. The van der Waals surface area contributed by atoms with Crippen LogP contribution in [0.2, 0.25) is 0 Å². The Hall–Kier alpha value is -1.45. The van der Waals surface area contributed by atoms with Crippen LogP contribution in [0.25, 0.3) is 0 Å².